The Hall–Kier alpha value is -3.80. The molecule has 0 saturated heterocycles. The highest BCUT2D eigenvalue weighted by Crippen LogP contribution is 2.35. The fraction of sp³-hybridized carbons (Fsp3) is 0.130. The van der Waals surface area contributed by atoms with Crippen LogP contribution < -0.4 is 9.47 Å². The Labute approximate surface area is 167 Å². The van der Waals surface area contributed by atoms with E-state index in [0.29, 0.717) is 11.5 Å². The lowest BCUT2D eigenvalue weighted by Crippen LogP contribution is -1.92. The molecule has 0 spiro atoms. The first-order chi connectivity index (χ1) is 14.2. The molecule has 6 nitrogen and oxygen atoms in total. The molecule has 0 aliphatic heterocycles. The minimum absolute atomic E-state index is 0.661. The largest absolute Gasteiger partial charge is 0.493 e. The van der Waals surface area contributed by atoms with Gasteiger partial charge < -0.3 is 19.0 Å². The number of aromatic nitrogens is 4. The van der Waals surface area contributed by atoms with Crippen molar-refractivity contribution in [2.75, 3.05) is 14.2 Å². The number of ether oxygens (including phenoxy) is 2. The molecule has 6 heteroatoms. The van der Waals surface area contributed by atoms with Crippen LogP contribution in [0.25, 0.3) is 44.6 Å². The van der Waals surface area contributed by atoms with Crippen molar-refractivity contribution < 1.29 is 9.47 Å². The van der Waals surface area contributed by atoms with Crippen molar-refractivity contribution in [1.82, 2.24) is 19.5 Å². The number of aromatic amines is 1. The van der Waals surface area contributed by atoms with Crippen LogP contribution in [0.2, 0.25) is 0 Å². The number of benzene rings is 2. The molecule has 3 heterocycles. The highest BCUT2D eigenvalue weighted by molar-refractivity contribution is 5.97. The molecule has 0 atom stereocenters. The van der Waals surface area contributed by atoms with E-state index in [2.05, 4.69) is 45.0 Å². The number of pyridine rings is 1. The summed E-state index contributed by atoms with van der Waals surface area (Å²) in [5.74, 6) is 2.17. The van der Waals surface area contributed by atoms with Crippen molar-refractivity contribution in [3.8, 4) is 34.1 Å². The Balaban J connectivity index is 1.69. The first-order valence-electron chi connectivity index (χ1n) is 9.31. The molecule has 144 valence electrons. The van der Waals surface area contributed by atoms with Gasteiger partial charge in [0.25, 0.3) is 0 Å². The summed E-state index contributed by atoms with van der Waals surface area (Å²) in [6, 6.07) is 16.1. The van der Waals surface area contributed by atoms with Gasteiger partial charge in [0.05, 0.1) is 25.4 Å². The van der Waals surface area contributed by atoms with E-state index in [1.165, 1.54) is 5.52 Å². The lowest BCUT2D eigenvalue weighted by molar-refractivity contribution is 0.355. The van der Waals surface area contributed by atoms with Gasteiger partial charge in [0.15, 0.2) is 11.5 Å². The predicted molar refractivity (Wildman–Crippen MR) is 114 cm³/mol. The molecule has 1 N–H and O–H groups in total. The van der Waals surface area contributed by atoms with Gasteiger partial charge in [-0.05, 0) is 36.4 Å². The van der Waals surface area contributed by atoms with Crippen molar-refractivity contribution in [1.29, 1.82) is 0 Å². The zero-order chi connectivity index (χ0) is 20.0. The van der Waals surface area contributed by atoms with Gasteiger partial charge in [-0.15, -0.1) is 0 Å². The van der Waals surface area contributed by atoms with Crippen LogP contribution in [-0.4, -0.2) is 33.7 Å². The van der Waals surface area contributed by atoms with Gasteiger partial charge in [-0.3, -0.25) is 4.98 Å². The van der Waals surface area contributed by atoms with Crippen LogP contribution in [0.5, 0.6) is 11.5 Å². The van der Waals surface area contributed by atoms with Crippen LogP contribution in [0.1, 0.15) is 0 Å². The van der Waals surface area contributed by atoms with E-state index in [0.717, 1.165) is 39.1 Å². The Morgan fingerprint density at radius 3 is 2.66 bits per heavy atom. The number of nitrogens with zero attached hydrogens (tertiary/aromatic N) is 3. The van der Waals surface area contributed by atoms with Gasteiger partial charge in [-0.1, -0.05) is 12.1 Å². The summed E-state index contributed by atoms with van der Waals surface area (Å²) in [5, 5.41) is 1.16. The van der Waals surface area contributed by atoms with Gasteiger partial charge in [-0.25, -0.2) is 4.98 Å². The number of methoxy groups -OCH3 is 2. The van der Waals surface area contributed by atoms with Crippen LogP contribution in [0.3, 0.4) is 0 Å². The quantitative estimate of drug-likeness (QED) is 0.483. The van der Waals surface area contributed by atoms with E-state index < -0.39 is 0 Å². The maximum absolute atomic E-state index is 5.45. The summed E-state index contributed by atoms with van der Waals surface area (Å²) in [5.41, 5.74) is 5.71. The molecular formula is C23H20N4O2. The lowest BCUT2D eigenvalue weighted by atomic mass is 10.1. The van der Waals surface area contributed by atoms with Gasteiger partial charge in [-0.2, -0.15) is 0 Å². The Morgan fingerprint density at radius 1 is 0.966 bits per heavy atom. The number of aryl methyl sites for hydroxylation is 1. The van der Waals surface area contributed by atoms with E-state index in [-0.39, 0.29) is 0 Å². The summed E-state index contributed by atoms with van der Waals surface area (Å²) in [6.07, 6.45) is 3.85. The van der Waals surface area contributed by atoms with Crippen molar-refractivity contribution in [2.24, 2.45) is 7.05 Å². The van der Waals surface area contributed by atoms with Gasteiger partial charge in [0.2, 0.25) is 0 Å². The van der Waals surface area contributed by atoms with E-state index in [1.54, 1.807) is 20.4 Å². The molecule has 0 aliphatic rings. The Bertz CT molecular complexity index is 1350. The summed E-state index contributed by atoms with van der Waals surface area (Å²) >= 11 is 0. The normalized spacial score (nSPS) is 11.3. The molecular weight excluding hydrogens is 364 g/mol. The second-order valence-corrected chi connectivity index (χ2v) is 6.88. The third-order valence-corrected chi connectivity index (χ3v) is 5.24. The zero-order valence-corrected chi connectivity index (χ0v) is 16.4. The Kier molecular flexibility index (Phi) is 3.98. The first-order valence-corrected chi connectivity index (χ1v) is 9.31. The maximum atomic E-state index is 5.45. The molecule has 0 unspecified atom stereocenters. The number of hydrogen-bond acceptors (Lipinski definition) is 4. The highest BCUT2D eigenvalue weighted by atomic mass is 16.5. The van der Waals surface area contributed by atoms with Gasteiger partial charge >= 0.3 is 0 Å². The molecule has 0 fully saturated rings. The summed E-state index contributed by atoms with van der Waals surface area (Å²) in [7, 11) is 5.30. The SMILES string of the molecule is COc1ccc(-c2nccc3[nH]c(-c4cccc5c4ccn5C)nc23)cc1OC. The third kappa shape index (κ3) is 2.72. The molecule has 0 aliphatic carbocycles. The maximum Gasteiger partial charge on any atom is 0.161 e. The molecule has 0 amide bonds. The molecule has 2 aromatic carbocycles. The van der Waals surface area contributed by atoms with Crippen molar-refractivity contribution in [3.05, 3.63) is 60.9 Å². The van der Waals surface area contributed by atoms with Gasteiger partial charge in [0, 0.05) is 41.5 Å². The molecule has 5 aromatic rings. The summed E-state index contributed by atoms with van der Waals surface area (Å²) in [6.45, 7) is 0. The van der Waals surface area contributed by atoms with E-state index in [9.17, 15) is 0 Å². The van der Waals surface area contributed by atoms with E-state index in [1.807, 2.05) is 31.3 Å². The topological polar surface area (TPSA) is 65.0 Å². The third-order valence-electron chi connectivity index (χ3n) is 5.24. The standard InChI is InChI=1S/C23H20N4O2/c1-27-12-10-15-16(5-4-6-18(15)27)23-25-17-9-11-24-21(22(17)26-23)14-7-8-19(28-2)20(13-14)29-3/h4-13H,1-3H3,(H,25,26). The molecule has 0 saturated carbocycles. The minimum Gasteiger partial charge on any atom is -0.493 e. The predicted octanol–water partition coefficient (Wildman–Crippen LogP) is 4.80. The van der Waals surface area contributed by atoms with Crippen LogP contribution in [-0.2, 0) is 7.05 Å². The molecule has 3 aromatic heterocycles. The van der Waals surface area contributed by atoms with E-state index >= 15 is 0 Å². The smallest absolute Gasteiger partial charge is 0.161 e. The van der Waals surface area contributed by atoms with Crippen LogP contribution >= 0.6 is 0 Å². The number of imidazole rings is 1. The molecule has 0 bridgehead atoms. The fourth-order valence-corrected chi connectivity index (χ4v) is 3.77. The minimum atomic E-state index is 0.661. The van der Waals surface area contributed by atoms with Crippen molar-refractivity contribution >= 4 is 21.9 Å². The van der Waals surface area contributed by atoms with Crippen molar-refractivity contribution in [3.63, 3.8) is 0 Å². The summed E-state index contributed by atoms with van der Waals surface area (Å²) < 4.78 is 12.9. The number of rotatable bonds is 4. The number of H-pyrrole nitrogens is 1. The van der Waals surface area contributed by atoms with Crippen LogP contribution in [0, 0.1) is 0 Å². The molecule has 0 radical (unpaired) electrons. The molecule has 5 rings (SSSR count). The van der Waals surface area contributed by atoms with E-state index in [4.69, 9.17) is 14.5 Å². The lowest BCUT2D eigenvalue weighted by Gasteiger charge is -2.09. The average molecular weight is 384 g/mol. The number of nitrogens with one attached hydrogen (secondary N) is 1. The summed E-state index contributed by atoms with van der Waals surface area (Å²) in [4.78, 5) is 13.0. The average Bonchev–Trinajstić information content (AvgIpc) is 3.37. The van der Waals surface area contributed by atoms with Crippen LogP contribution in [0.4, 0.5) is 0 Å². The van der Waals surface area contributed by atoms with Crippen LogP contribution in [0.15, 0.2) is 60.9 Å². The van der Waals surface area contributed by atoms with Gasteiger partial charge in [0.1, 0.15) is 11.3 Å². The number of fused-ring (bicyclic) bond motifs is 2. The monoisotopic (exact) mass is 384 g/mol. The highest BCUT2D eigenvalue weighted by Gasteiger charge is 2.15. The van der Waals surface area contributed by atoms with Crippen molar-refractivity contribution in [2.45, 2.75) is 0 Å². The Morgan fingerprint density at radius 2 is 1.83 bits per heavy atom. The fourth-order valence-electron chi connectivity index (χ4n) is 3.77. The second-order valence-electron chi connectivity index (χ2n) is 6.88. The number of hydrogen-bond donors (Lipinski definition) is 1. The first kappa shape index (κ1) is 17.3. The second kappa shape index (κ2) is 6.67. The molecule has 29 heavy (non-hydrogen) atoms. The zero-order valence-electron chi connectivity index (χ0n) is 16.4.